The standard InChI is InChI=1S/C24H36O2Si/c1-5-27(6-2,7-3)22-15-19-16(14-21(22)25)8-9-18-17(19)12-13-24(4)20(18)10-11-23(24)26/h5,14-15,17-18,20,23,25-26H,1,6-13H2,2-4H3/t17-,18+,20-,23-,24-/m0/s1. The first-order valence-electron chi connectivity index (χ1n) is 11.1. The van der Waals surface area contributed by atoms with E-state index < -0.39 is 8.07 Å². The topological polar surface area (TPSA) is 40.5 Å². The molecule has 0 unspecified atom stereocenters. The zero-order valence-electron chi connectivity index (χ0n) is 17.3. The molecule has 0 bridgehead atoms. The van der Waals surface area contributed by atoms with E-state index in [1.165, 1.54) is 35.6 Å². The molecule has 5 atom stereocenters. The molecule has 0 heterocycles. The van der Waals surface area contributed by atoms with Gasteiger partial charge in [0.1, 0.15) is 13.8 Å². The second kappa shape index (κ2) is 6.77. The van der Waals surface area contributed by atoms with Crippen LogP contribution < -0.4 is 5.19 Å². The van der Waals surface area contributed by atoms with Crippen LogP contribution in [0.3, 0.4) is 0 Å². The maximum Gasteiger partial charge on any atom is 0.115 e. The second-order valence-electron chi connectivity index (χ2n) is 9.69. The van der Waals surface area contributed by atoms with Gasteiger partial charge >= 0.3 is 0 Å². The second-order valence-corrected chi connectivity index (χ2v) is 14.4. The zero-order valence-corrected chi connectivity index (χ0v) is 18.3. The lowest BCUT2D eigenvalue weighted by molar-refractivity contribution is -0.0226. The van der Waals surface area contributed by atoms with Crippen LogP contribution in [0.4, 0.5) is 0 Å². The van der Waals surface area contributed by atoms with Crippen LogP contribution in [0.1, 0.15) is 69.9 Å². The Labute approximate surface area is 165 Å². The minimum atomic E-state index is -1.83. The number of benzene rings is 1. The molecule has 2 fully saturated rings. The summed E-state index contributed by atoms with van der Waals surface area (Å²) >= 11 is 0. The van der Waals surface area contributed by atoms with Gasteiger partial charge in [-0.1, -0.05) is 44.6 Å². The van der Waals surface area contributed by atoms with Crippen molar-refractivity contribution in [2.45, 2.75) is 83.4 Å². The van der Waals surface area contributed by atoms with Crippen LogP contribution in [-0.4, -0.2) is 24.4 Å². The van der Waals surface area contributed by atoms with Gasteiger partial charge in [0.2, 0.25) is 0 Å². The van der Waals surface area contributed by atoms with E-state index in [1.807, 2.05) is 0 Å². The number of phenols is 1. The summed E-state index contributed by atoms with van der Waals surface area (Å²) in [6.45, 7) is 11.0. The fraction of sp³-hybridized carbons (Fsp3) is 0.667. The fourth-order valence-corrected chi connectivity index (χ4v) is 10.1. The van der Waals surface area contributed by atoms with Gasteiger partial charge in [-0.3, -0.25) is 0 Å². The Morgan fingerprint density at radius 3 is 2.59 bits per heavy atom. The van der Waals surface area contributed by atoms with Crippen LogP contribution in [0.15, 0.2) is 24.4 Å². The Morgan fingerprint density at radius 2 is 1.93 bits per heavy atom. The monoisotopic (exact) mass is 384 g/mol. The molecule has 0 aromatic heterocycles. The van der Waals surface area contributed by atoms with Crippen LogP contribution >= 0.6 is 0 Å². The molecule has 1 aromatic rings. The van der Waals surface area contributed by atoms with Crippen molar-refractivity contribution in [1.82, 2.24) is 0 Å². The highest BCUT2D eigenvalue weighted by Crippen LogP contribution is 2.60. The van der Waals surface area contributed by atoms with Crippen LogP contribution in [0, 0.1) is 17.3 Å². The molecule has 0 amide bonds. The molecular formula is C24H36O2Si. The Morgan fingerprint density at radius 1 is 1.19 bits per heavy atom. The summed E-state index contributed by atoms with van der Waals surface area (Å²) in [7, 11) is -1.83. The largest absolute Gasteiger partial charge is 0.508 e. The van der Waals surface area contributed by atoms with E-state index in [1.54, 1.807) is 0 Å². The molecule has 2 saturated carbocycles. The number of hydrogen-bond acceptors (Lipinski definition) is 2. The molecular weight excluding hydrogens is 348 g/mol. The van der Waals surface area contributed by atoms with Gasteiger partial charge in [-0.15, -0.1) is 6.58 Å². The predicted octanol–water partition coefficient (Wildman–Crippen LogP) is 5.03. The molecule has 2 N–H and O–H groups in total. The van der Waals surface area contributed by atoms with E-state index in [2.05, 4.69) is 45.2 Å². The van der Waals surface area contributed by atoms with Gasteiger partial charge in [-0.25, -0.2) is 0 Å². The highest BCUT2D eigenvalue weighted by molar-refractivity contribution is 6.96. The van der Waals surface area contributed by atoms with Crippen molar-refractivity contribution in [3.63, 3.8) is 0 Å². The Balaban J connectivity index is 1.76. The molecule has 27 heavy (non-hydrogen) atoms. The molecule has 0 spiro atoms. The van der Waals surface area contributed by atoms with Gasteiger partial charge in [0.25, 0.3) is 0 Å². The normalized spacial score (nSPS) is 35.3. The summed E-state index contributed by atoms with van der Waals surface area (Å²) in [4.78, 5) is 0. The van der Waals surface area contributed by atoms with E-state index in [0.717, 1.165) is 31.4 Å². The van der Waals surface area contributed by atoms with E-state index >= 15 is 0 Å². The van der Waals surface area contributed by atoms with Gasteiger partial charge in [-0.05, 0) is 84.1 Å². The summed E-state index contributed by atoms with van der Waals surface area (Å²) < 4.78 is 0. The molecule has 148 valence electrons. The number of phenolic OH excluding ortho intramolecular Hbond substituents is 1. The average Bonchev–Trinajstić information content (AvgIpc) is 2.98. The number of rotatable bonds is 4. The van der Waals surface area contributed by atoms with Gasteiger partial charge < -0.3 is 10.2 Å². The lowest BCUT2D eigenvalue weighted by Gasteiger charge is -2.50. The number of hydrogen-bond donors (Lipinski definition) is 2. The third-order valence-corrected chi connectivity index (χ3v) is 13.8. The van der Waals surface area contributed by atoms with Gasteiger partial charge in [0.05, 0.1) is 6.10 Å². The van der Waals surface area contributed by atoms with Crippen LogP contribution in [0.2, 0.25) is 12.1 Å². The van der Waals surface area contributed by atoms with Crippen molar-refractivity contribution < 1.29 is 10.2 Å². The van der Waals surface area contributed by atoms with Crippen molar-refractivity contribution in [1.29, 1.82) is 0 Å². The van der Waals surface area contributed by atoms with Crippen molar-refractivity contribution in [2.24, 2.45) is 17.3 Å². The summed E-state index contributed by atoms with van der Waals surface area (Å²) in [6.07, 6.45) is 6.68. The number of fused-ring (bicyclic) bond motifs is 5. The van der Waals surface area contributed by atoms with Gasteiger partial charge in [0, 0.05) is 0 Å². The third kappa shape index (κ3) is 2.68. The molecule has 0 saturated heterocycles. The highest BCUT2D eigenvalue weighted by atomic mass is 28.3. The summed E-state index contributed by atoms with van der Waals surface area (Å²) in [5, 5.41) is 22.7. The minimum absolute atomic E-state index is 0.110. The van der Waals surface area contributed by atoms with Crippen molar-refractivity contribution in [2.75, 3.05) is 0 Å². The Bertz CT molecular complexity index is 738. The quantitative estimate of drug-likeness (QED) is 0.715. The molecule has 3 aliphatic carbocycles. The van der Waals surface area contributed by atoms with E-state index in [4.69, 9.17) is 0 Å². The average molecular weight is 385 g/mol. The first kappa shape index (κ1) is 19.3. The van der Waals surface area contributed by atoms with Gasteiger partial charge in [-0.2, -0.15) is 0 Å². The van der Waals surface area contributed by atoms with Crippen LogP contribution in [0.5, 0.6) is 5.75 Å². The Kier molecular flexibility index (Phi) is 4.83. The zero-order chi connectivity index (χ0) is 19.4. The number of aryl methyl sites for hydroxylation is 1. The molecule has 3 aliphatic rings. The Hall–Kier alpha value is -1.06. The third-order valence-electron chi connectivity index (χ3n) is 8.98. The van der Waals surface area contributed by atoms with Crippen molar-refractivity contribution in [3.8, 4) is 5.75 Å². The SMILES string of the molecule is C=C[Si](CC)(CC)c1cc2c(cc1O)CC[C@@H]1[C@@H]2CC[C@]2(C)[C@@H](O)CC[C@@H]12. The molecule has 2 nitrogen and oxygen atoms in total. The maximum absolute atomic E-state index is 10.9. The molecule has 0 radical (unpaired) electrons. The number of aliphatic hydroxyl groups is 1. The molecule has 1 aromatic carbocycles. The minimum Gasteiger partial charge on any atom is -0.508 e. The van der Waals surface area contributed by atoms with E-state index in [-0.39, 0.29) is 11.5 Å². The lowest BCUT2D eigenvalue weighted by atomic mass is 9.55. The summed E-state index contributed by atoms with van der Waals surface area (Å²) in [5.74, 6) is 2.49. The predicted molar refractivity (Wildman–Crippen MR) is 115 cm³/mol. The molecule has 0 aliphatic heterocycles. The lowest BCUT2D eigenvalue weighted by Crippen LogP contribution is -2.47. The van der Waals surface area contributed by atoms with Crippen molar-refractivity contribution in [3.05, 3.63) is 35.5 Å². The van der Waals surface area contributed by atoms with Crippen LogP contribution in [0.25, 0.3) is 0 Å². The maximum atomic E-state index is 10.9. The highest BCUT2D eigenvalue weighted by Gasteiger charge is 2.54. The first-order chi connectivity index (χ1) is 12.9. The van der Waals surface area contributed by atoms with E-state index in [9.17, 15) is 10.2 Å². The molecule has 4 rings (SSSR count). The number of aromatic hydroxyl groups is 1. The smallest absolute Gasteiger partial charge is 0.115 e. The first-order valence-corrected chi connectivity index (χ1v) is 13.6. The van der Waals surface area contributed by atoms with E-state index in [0.29, 0.717) is 23.5 Å². The number of aliphatic hydroxyl groups excluding tert-OH is 1. The summed E-state index contributed by atoms with van der Waals surface area (Å²) in [5.41, 5.74) is 5.20. The van der Waals surface area contributed by atoms with Gasteiger partial charge in [0.15, 0.2) is 0 Å². The fourth-order valence-electron chi connectivity index (χ4n) is 7.01. The summed E-state index contributed by atoms with van der Waals surface area (Å²) in [6, 6.07) is 6.69. The van der Waals surface area contributed by atoms with Crippen LogP contribution in [-0.2, 0) is 6.42 Å². The van der Waals surface area contributed by atoms with Crippen molar-refractivity contribution >= 4 is 13.3 Å². The molecule has 3 heteroatoms.